The molecule has 1 aliphatic heterocycles. The van der Waals surface area contributed by atoms with E-state index in [-0.39, 0.29) is 22.5 Å². The lowest BCUT2D eigenvalue weighted by Gasteiger charge is -2.30. The number of amides is 1. The molecule has 1 saturated heterocycles. The summed E-state index contributed by atoms with van der Waals surface area (Å²) in [7, 11) is 1.39. The van der Waals surface area contributed by atoms with Gasteiger partial charge in [-0.15, -0.1) is 0 Å². The van der Waals surface area contributed by atoms with Crippen LogP contribution in [0.15, 0.2) is 12.3 Å². The van der Waals surface area contributed by atoms with Crippen molar-refractivity contribution in [3.63, 3.8) is 0 Å². The maximum absolute atomic E-state index is 12.9. The second kappa shape index (κ2) is 4.19. The van der Waals surface area contributed by atoms with Gasteiger partial charge in [0, 0.05) is 26.3 Å². The molecular formula is C12H11F3N4O. The molecule has 106 valence electrons. The quantitative estimate of drug-likeness (QED) is 0.803. The first kappa shape index (κ1) is 12.9. The summed E-state index contributed by atoms with van der Waals surface area (Å²) in [5.74, 6) is -0.289. The van der Waals surface area contributed by atoms with Gasteiger partial charge in [0.05, 0.1) is 10.9 Å². The van der Waals surface area contributed by atoms with Gasteiger partial charge in [0.2, 0.25) is 0 Å². The van der Waals surface area contributed by atoms with E-state index in [1.54, 1.807) is 4.90 Å². The van der Waals surface area contributed by atoms with E-state index in [9.17, 15) is 18.0 Å². The molecule has 0 spiro atoms. The molecule has 0 radical (unpaired) electrons. The number of hydrogen-bond donors (Lipinski definition) is 0. The zero-order valence-electron chi connectivity index (χ0n) is 10.6. The van der Waals surface area contributed by atoms with Crippen LogP contribution in [0.1, 0.15) is 22.5 Å². The summed E-state index contributed by atoms with van der Waals surface area (Å²) in [6, 6.07) is 1.22. The molecule has 3 rings (SSSR count). The molecule has 3 heterocycles. The van der Waals surface area contributed by atoms with Gasteiger partial charge in [0.1, 0.15) is 0 Å². The second-order valence-electron chi connectivity index (χ2n) is 4.71. The number of aromatic nitrogens is 3. The third-order valence-electron chi connectivity index (χ3n) is 3.34. The largest absolute Gasteiger partial charge is 0.435 e. The average molecular weight is 284 g/mol. The zero-order valence-corrected chi connectivity index (χ0v) is 10.6. The molecule has 1 amide bonds. The molecular weight excluding hydrogens is 273 g/mol. The van der Waals surface area contributed by atoms with Crippen LogP contribution in [0.25, 0.3) is 11.0 Å². The SMILES string of the molecule is Cn1nc(C(F)(F)F)c2cc(C(=O)N3CCC3)cnc21. The summed E-state index contributed by atoms with van der Waals surface area (Å²) in [5.41, 5.74) is -0.742. The number of aryl methyl sites for hydroxylation is 1. The average Bonchev–Trinajstić information content (AvgIpc) is 2.64. The number of rotatable bonds is 1. The number of likely N-dealkylation sites (tertiary alicyclic amines) is 1. The molecule has 1 aliphatic rings. The number of carbonyl (C=O) groups is 1. The van der Waals surface area contributed by atoms with Gasteiger partial charge in [-0.1, -0.05) is 0 Å². The molecule has 0 unspecified atom stereocenters. The molecule has 0 aromatic carbocycles. The molecule has 0 bridgehead atoms. The highest BCUT2D eigenvalue weighted by molar-refractivity contribution is 5.97. The highest BCUT2D eigenvalue weighted by atomic mass is 19.4. The highest BCUT2D eigenvalue weighted by Gasteiger charge is 2.37. The summed E-state index contributed by atoms with van der Waals surface area (Å²) in [4.78, 5) is 17.5. The Kier molecular flexibility index (Phi) is 2.70. The van der Waals surface area contributed by atoms with Crippen molar-refractivity contribution in [1.82, 2.24) is 19.7 Å². The number of pyridine rings is 1. The molecule has 5 nitrogen and oxygen atoms in total. The van der Waals surface area contributed by atoms with Crippen molar-refractivity contribution in [2.45, 2.75) is 12.6 Å². The van der Waals surface area contributed by atoms with E-state index in [4.69, 9.17) is 0 Å². The number of nitrogens with zero attached hydrogens (tertiary/aromatic N) is 4. The Labute approximate surface area is 112 Å². The molecule has 8 heteroatoms. The first-order chi connectivity index (χ1) is 9.38. The minimum Gasteiger partial charge on any atom is -0.338 e. The molecule has 0 saturated carbocycles. The van der Waals surface area contributed by atoms with E-state index in [1.807, 2.05) is 0 Å². The number of alkyl halides is 3. The van der Waals surface area contributed by atoms with E-state index in [1.165, 1.54) is 19.3 Å². The topological polar surface area (TPSA) is 51.0 Å². The standard InChI is InChI=1S/C12H11F3N4O/c1-18-10-8(9(17-18)12(13,14)15)5-7(6-16-10)11(20)19-3-2-4-19/h5-6H,2-4H2,1H3. The van der Waals surface area contributed by atoms with E-state index in [2.05, 4.69) is 10.1 Å². The van der Waals surface area contributed by atoms with Gasteiger partial charge in [-0.05, 0) is 12.5 Å². The Bertz CT molecular complexity index is 688. The third-order valence-corrected chi connectivity index (χ3v) is 3.34. The van der Waals surface area contributed by atoms with Gasteiger partial charge >= 0.3 is 6.18 Å². The predicted octanol–water partition coefficient (Wildman–Crippen LogP) is 1.83. The van der Waals surface area contributed by atoms with Gasteiger partial charge in [-0.2, -0.15) is 18.3 Å². The van der Waals surface area contributed by atoms with Gasteiger partial charge in [0.15, 0.2) is 11.3 Å². The van der Waals surface area contributed by atoms with E-state index in [0.717, 1.165) is 11.1 Å². The summed E-state index contributed by atoms with van der Waals surface area (Å²) >= 11 is 0. The minimum absolute atomic E-state index is 0.109. The fourth-order valence-electron chi connectivity index (χ4n) is 2.17. The van der Waals surface area contributed by atoms with Crippen molar-refractivity contribution in [3.05, 3.63) is 23.5 Å². The van der Waals surface area contributed by atoms with E-state index in [0.29, 0.717) is 13.1 Å². The Balaban J connectivity index is 2.11. The molecule has 0 N–H and O–H groups in total. The van der Waals surface area contributed by atoms with Crippen LogP contribution in [0.5, 0.6) is 0 Å². The van der Waals surface area contributed by atoms with Gasteiger partial charge in [-0.25, -0.2) is 9.67 Å². The molecule has 2 aromatic heterocycles. The van der Waals surface area contributed by atoms with E-state index < -0.39 is 11.9 Å². The van der Waals surface area contributed by atoms with E-state index >= 15 is 0 Å². The third kappa shape index (κ3) is 1.91. The number of carbonyl (C=O) groups excluding carboxylic acids is 1. The smallest absolute Gasteiger partial charge is 0.338 e. The van der Waals surface area contributed by atoms with Gasteiger partial charge < -0.3 is 4.90 Å². The lowest BCUT2D eigenvalue weighted by atomic mass is 10.1. The van der Waals surface area contributed by atoms with Crippen LogP contribution in [0, 0.1) is 0 Å². The van der Waals surface area contributed by atoms with Crippen LogP contribution in [0.3, 0.4) is 0 Å². The van der Waals surface area contributed by atoms with Crippen molar-refractivity contribution in [2.75, 3.05) is 13.1 Å². The van der Waals surface area contributed by atoms with Crippen LogP contribution in [0.4, 0.5) is 13.2 Å². The summed E-state index contributed by atoms with van der Waals surface area (Å²) < 4.78 is 39.8. The first-order valence-corrected chi connectivity index (χ1v) is 6.07. The molecule has 1 fully saturated rings. The monoisotopic (exact) mass is 284 g/mol. The first-order valence-electron chi connectivity index (χ1n) is 6.07. The van der Waals surface area contributed by atoms with Crippen molar-refractivity contribution >= 4 is 16.9 Å². The summed E-state index contributed by atoms with van der Waals surface area (Å²) in [6.45, 7) is 1.27. The molecule has 0 atom stereocenters. The van der Waals surface area contributed by atoms with Crippen LogP contribution in [-0.4, -0.2) is 38.7 Å². The number of hydrogen-bond acceptors (Lipinski definition) is 3. The zero-order chi connectivity index (χ0) is 14.5. The molecule has 0 aliphatic carbocycles. The van der Waals surface area contributed by atoms with Crippen LogP contribution >= 0.6 is 0 Å². The Morgan fingerprint density at radius 3 is 2.60 bits per heavy atom. The predicted molar refractivity (Wildman–Crippen MR) is 64.0 cm³/mol. The maximum Gasteiger partial charge on any atom is 0.435 e. The Morgan fingerprint density at radius 1 is 1.35 bits per heavy atom. The number of halogens is 3. The van der Waals surface area contributed by atoms with Crippen LogP contribution in [0.2, 0.25) is 0 Å². The fraction of sp³-hybridized carbons (Fsp3) is 0.417. The maximum atomic E-state index is 12.9. The van der Waals surface area contributed by atoms with Crippen molar-refractivity contribution < 1.29 is 18.0 Å². The highest BCUT2D eigenvalue weighted by Crippen LogP contribution is 2.33. The second-order valence-corrected chi connectivity index (χ2v) is 4.71. The van der Waals surface area contributed by atoms with Crippen molar-refractivity contribution in [2.24, 2.45) is 7.05 Å². The minimum atomic E-state index is -4.57. The Morgan fingerprint density at radius 2 is 2.05 bits per heavy atom. The Hall–Kier alpha value is -2.12. The van der Waals surface area contributed by atoms with Crippen molar-refractivity contribution in [3.8, 4) is 0 Å². The molecule has 2 aromatic rings. The lowest BCUT2D eigenvalue weighted by molar-refractivity contribution is -0.140. The van der Waals surface area contributed by atoms with Crippen LogP contribution < -0.4 is 0 Å². The van der Waals surface area contributed by atoms with Gasteiger partial charge in [0.25, 0.3) is 5.91 Å². The van der Waals surface area contributed by atoms with Crippen LogP contribution in [-0.2, 0) is 13.2 Å². The summed E-state index contributed by atoms with van der Waals surface area (Å²) in [5, 5.41) is 3.30. The normalized spacial score (nSPS) is 15.5. The summed E-state index contributed by atoms with van der Waals surface area (Å²) in [6.07, 6.45) is -2.35. The van der Waals surface area contributed by atoms with Gasteiger partial charge in [-0.3, -0.25) is 4.79 Å². The fourth-order valence-corrected chi connectivity index (χ4v) is 2.17. The van der Waals surface area contributed by atoms with Crippen molar-refractivity contribution in [1.29, 1.82) is 0 Å². The number of fused-ring (bicyclic) bond motifs is 1. The molecule has 20 heavy (non-hydrogen) atoms. The lowest BCUT2D eigenvalue weighted by Crippen LogP contribution is -2.42.